The predicted molar refractivity (Wildman–Crippen MR) is 122 cm³/mol. The molecule has 2 aromatic rings. The van der Waals surface area contributed by atoms with E-state index in [4.69, 9.17) is 24.1 Å². The van der Waals surface area contributed by atoms with Crippen molar-refractivity contribution in [1.29, 1.82) is 0 Å². The fraction of sp³-hybridized carbons (Fsp3) is 0.423. The first-order chi connectivity index (χ1) is 16.4. The van der Waals surface area contributed by atoms with Gasteiger partial charge in [-0.25, -0.2) is 9.59 Å². The average molecular weight is 471 g/mol. The molecule has 8 nitrogen and oxygen atoms in total. The maximum atomic E-state index is 12.7. The lowest BCUT2D eigenvalue weighted by Crippen LogP contribution is -2.53. The van der Waals surface area contributed by atoms with Gasteiger partial charge >= 0.3 is 17.9 Å². The number of carbonyl (C=O) groups is 3. The van der Waals surface area contributed by atoms with E-state index < -0.39 is 36.4 Å². The first-order valence-corrected chi connectivity index (χ1v) is 11.3. The van der Waals surface area contributed by atoms with Gasteiger partial charge in [-0.15, -0.1) is 0 Å². The maximum absolute atomic E-state index is 12.7. The molecule has 0 saturated carbocycles. The minimum atomic E-state index is -0.923. The number of rotatable bonds is 10. The lowest BCUT2D eigenvalue weighted by molar-refractivity contribution is -0.274. The lowest BCUT2D eigenvalue weighted by Gasteiger charge is -2.43. The van der Waals surface area contributed by atoms with E-state index in [1.54, 1.807) is 54.6 Å². The van der Waals surface area contributed by atoms with Crippen molar-refractivity contribution >= 4 is 17.9 Å². The molecular weight excluding hydrogens is 440 g/mol. The first kappa shape index (κ1) is 25.4. The summed E-state index contributed by atoms with van der Waals surface area (Å²) in [5, 5.41) is 8.88. The van der Waals surface area contributed by atoms with Crippen molar-refractivity contribution in [1.82, 2.24) is 0 Å². The van der Waals surface area contributed by atoms with E-state index in [2.05, 4.69) is 0 Å². The monoisotopic (exact) mass is 470 g/mol. The van der Waals surface area contributed by atoms with Gasteiger partial charge in [0.1, 0.15) is 6.61 Å². The zero-order chi connectivity index (χ0) is 24.5. The summed E-state index contributed by atoms with van der Waals surface area (Å²) >= 11 is 0. The van der Waals surface area contributed by atoms with E-state index in [0.717, 1.165) is 0 Å². The Bertz CT molecular complexity index is 944. The molecule has 34 heavy (non-hydrogen) atoms. The van der Waals surface area contributed by atoms with E-state index in [0.29, 0.717) is 11.1 Å². The van der Waals surface area contributed by atoms with E-state index in [1.807, 2.05) is 19.9 Å². The lowest BCUT2D eigenvalue weighted by atomic mass is 9.83. The Morgan fingerprint density at radius 1 is 0.882 bits per heavy atom. The summed E-state index contributed by atoms with van der Waals surface area (Å²) in [4.78, 5) is 35.9. The Labute approximate surface area is 198 Å². The van der Waals surface area contributed by atoms with Crippen molar-refractivity contribution in [2.45, 2.75) is 45.2 Å². The van der Waals surface area contributed by atoms with Crippen LogP contribution in [0.25, 0.3) is 0 Å². The number of carbonyl (C=O) groups excluding carboxylic acids is 2. The highest BCUT2D eigenvalue weighted by atomic mass is 16.7. The van der Waals surface area contributed by atoms with Crippen molar-refractivity contribution in [3.05, 3.63) is 71.8 Å². The Morgan fingerprint density at radius 3 is 2.06 bits per heavy atom. The van der Waals surface area contributed by atoms with Gasteiger partial charge in [0.2, 0.25) is 0 Å². The van der Waals surface area contributed by atoms with Crippen LogP contribution in [0.1, 0.15) is 47.4 Å². The summed E-state index contributed by atoms with van der Waals surface area (Å²) in [6.45, 7) is 3.99. The topological polar surface area (TPSA) is 108 Å². The van der Waals surface area contributed by atoms with Crippen molar-refractivity contribution in [2.75, 3.05) is 13.2 Å². The molecule has 1 aliphatic rings. The van der Waals surface area contributed by atoms with Gasteiger partial charge in [-0.2, -0.15) is 0 Å². The number of esters is 2. The summed E-state index contributed by atoms with van der Waals surface area (Å²) in [5.74, 6) is -2.17. The molecule has 1 N–H and O–H groups in total. The molecule has 8 heteroatoms. The smallest absolute Gasteiger partial charge is 0.338 e. The molecule has 2 aromatic carbocycles. The third-order valence-electron chi connectivity index (χ3n) is 5.97. The number of carboxylic acid groups (broad SMARTS) is 1. The van der Waals surface area contributed by atoms with E-state index in [9.17, 15) is 14.4 Å². The molecule has 0 amide bonds. The maximum Gasteiger partial charge on any atom is 0.338 e. The van der Waals surface area contributed by atoms with Crippen LogP contribution in [0.3, 0.4) is 0 Å². The molecule has 1 fully saturated rings. The standard InChI is InChI=1S/C26H30O8/c1-17-18(2)23(34-25(30)20-12-7-4-8-13-20)26(31-15-9-14-22(27)28)33-21(17)16-32-24(29)19-10-5-3-6-11-19/h3-8,10-13,17-18,21,23,26H,9,14-16H2,1-2H3,(H,27,28)/t17-,18-,21?,23?,26+/m0/s1. The summed E-state index contributed by atoms with van der Waals surface area (Å²) in [6, 6.07) is 17.3. The third-order valence-corrected chi connectivity index (χ3v) is 5.97. The molecule has 0 bridgehead atoms. The molecular formula is C26H30O8. The Hall–Kier alpha value is -3.23. The number of hydrogen-bond donors (Lipinski definition) is 1. The Balaban J connectivity index is 1.68. The summed E-state index contributed by atoms with van der Waals surface area (Å²) in [6.07, 6.45) is -1.89. The Kier molecular flexibility index (Phi) is 9.18. The van der Waals surface area contributed by atoms with Gasteiger partial charge < -0.3 is 24.1 Å². The molecule has 1 heterocycles. The van der Waals surface area contributed by atoms with E-state index in [1.165, 1.54) is 0 Å². The number of ether oxygens (including phenoxy) is 4. The molecule has 0 aromatic heterocycles. The highest BCUT2D eigenvalue weighted by Crippen LogP contribution is 2.34. The molecule has 1 saturated heterocycles. The number of carboxylic acids is 1. The van der Waals surface area contributed by atoms with Crippen LogP contribution >= 0.6 is 0 Å². The molecule has 0 spiro atoms. The van der Waals surface area contributed by atoms with Gasteiger partial charge in [-0.05, 0) is 36.6 Å². The predicted octanol–water partition coefficient (Wildman–Crippen LogP) is 3.95. The van der Waals surface area contributed by atoms with Gasteiger partial charge in [0, 0.05) is 12.3 Å². The van der Waals surface area contributed by atoms with E-state index >= 15 is 0 Å². The summed E-state index contributed by atoms with van der Waals surface area (Å²) in [7, 11) is 0. The van der Waals surface area contributed by atoms with Gasteiger partial charge in [-0.3, -0.25) is 4.79 Å². The third kappa shape index (κ3) is 6.88. The van der Waals surface area contributed by atoms with Crippen LogP contribution in [0.5, 0.6) is 0 Å². The molecule has 0 radical (unpaired) electrons. The fourth-order valence-electron chi connectivity index (χ4n) is 3.75. The van der Waals surface area contributed by atoms with Crippen molar-refractivity contribution < 1.29 is 38.4 Å². The first-order valence-electron chi connectivity index (χ1n) is 11.3. The molecule has 3 rings (SSSR count). The number of hydrogen-bond acceptors (Lipinski definition) is 7. The summed E-state index contributed by atoms with van der Waals surface area (Å²) < 4.78 is 23.2. The molecule has 0 aliphatic carbocycles. The second-order valence-electron chi connectivity index (χ2n) is 8.33. The van der Waals surface area contributed by atoms with Crippen LogP contribution in [0, 0.1) is 11.8 Å². The van der Waals surface area contributed by atoms with Gasteiger partial charge in [0.25, 0.3) is 0 Å². The molecule has 2 unspecified atom stereocenters. The van der Waals surface area contributed by atoms with Crippen molar-refractivity contribution in [3.63, 3.8) is 0 Å². The van der Waals surface area contributed by atoms with Crippen LogP contribution in [0.4, 0.5) is 0 Å². The summed E-state index contributed by atoms with van der Waals surface area (Å²) in [5.41, 5.74) is 0.848. The van der Waals surface area contributed by atoms with Gasteiger partial charge in [0.05, 0.1) is 23.8 Å². The zero-order valence-electron chi connectivity index (χ0n) is 19.3. The fourth-order valence-corrected chi connectivity index (χ4v) is 3.75. The van der Waals surface area contributed by atoms with Crippen LogP contribution in [0.2, 0.25) is 0 Å². The quantitative estimate of drug-likeness (QED) is 0.411. The minimum absolute atomic E-state index is 0.00751. The van der Waals surface area contributed by atoms with Crippen LogP contribution in [0.15, 0.2) is 60.7 Å². The van der Waals surface area contributed by atoms with E-state index in [-0.39, 0.29) is 37.9 Å². The van der Waals surface area contributed by atoms with Crippen LogP contribution in [-0.4, -0.2) is 54.7 Å². The van der Waals surface area contributed by atoms with Crippen molar-refractivity contribution in [2.24, 2.45) is 11.8 Å². The molecule has 182 valence electrons. The largest absolute Gasteiger partial charge is 0.481 e. The number of benzene rings is 2. The van der Waals surface area contributed by atoms with Gasteiger partial charge in [0.15, 0.2) is 12.4 Å². The molecule has 5 atom stereocenters. The zero-order valence-corrected chi connectivity index (χ0v) is 19.3. The minimum Gasteiger partial charge on any atom is -0.481 e. The average Bonchev–Trinajstić information content (AvgIpc) is 2.85. The molecule has 1 aliphatic heterocycles. The van der Waals surface area contributed by atoms with Crippen molar-refractivity contribution in [3.8, 4) is 0 Å². The SMILES string of the molecule is C[C@@H]1C(COC(=O)c2ccccc2)O[C@@H](OCCCC(=O)O)C(OC(=O)c2ccccc2)[C@H]1C. The van der Waals surface area contributed by atoms with Gasteiger partial charge in [-0.1, -0.05) is 50.2 Å². The van der Waals surface area contributed by atoms with Crippen LogP contribution < -0.4 is 0 Å². The second kappa shape index (κ2) is 12.3. The number of aliphatic carboxylic acids is 1. The highest BCUT2D eigenvalue weighted by Gasteiger charge is 2.45. The second-order valence-corrected chi connectivity index (χ2v) is 8.33. The normalized spacial score (nSPS) is 24.2. The highest BCUT2D eigenvalue weighted by molar-refractivity contribution is 5.89. The van der Waals surface area contributed by atoms with Crippen LogP contribution in [-0.2, 0) is 23.7 Å². The Morgan fingerprint density at radius 2 is 1.47 bits per heavy atom.